The minimum atomic E-state index is -0.556. The Labute approximate surface area is 225 Å². The number of hydrogen-bond acceptors (Lipinski definition) is 4. The van der Waals surface area contributed by atoms with Gasteiger partial charge in [0.2, 0.25) is 13.3 Å². The second-order valence-electron chi connectivity index (χ2n) is 9.19. The monoisotopic (exact) mass is 525 g/mol. The van der Waals surface area contributed by atoms with Gasteiger partial charge < -0.3 is 15.1 Å². The standard InChI is InChI=1S/C18H18BN4O2S.C10H21F/c1-12-4-3-5-13(8-12)15-11-26-18(21-15)22-16(24)9-20-17(25)14-6-7-23(10-14)19-2;1-4-9(3)7-6-8-10(11)5-2/h3-8,10-11H,9H2,1-2H3,(H,20,25)(H,21,22,24);9-10H,4-8H2,1-3H3. The zero-order valence-electron chi connectivity index (χ0n) is 22.6. The molecule has 9 heteroatoms. The highest BCUT2D eigenvalue weighted by Crippen LogP contribution is 2.25. The molecule has 0 saturated heterocycles. The summed E-state index contributed by atoms with van der Waals surface area (Å²) >= 11 is 1.35. The van der Waals surface area contributed by atoms with E-state index in [0.717, 1.165) is 35.6 Å². The van der Waals surface area contributed by atoms with Gasteiger partial charge in [0, 0.05) is 17.1 Å². The van der Waals surface area contributed by atoms with Crippen LogP contribution in [0.3, 0.4) is 0 Å². The van der Waals surface area contributed by atoms with Crippen LogP contribution >= 0.6 is 11.3 Å². The number of nitrogens with one attached hydrogen (secondary N) is 2. The van der Waals surface area contributed by atoms with Crippen LogP contribution in [0.2, 0.25) is 6.82 Å². The molecular weight excluding hydrogens is 486 g/mol. The number of alkyl halides is 1. The molecule has 0 spiro atoms. The van der Waals surface area contributed by atoms with Gasteiger partial charge in [-0.15, -0.1) is 11.3 Å². The van der Waals surface area contributed by atoms with E-state index in [9.17, 15) is 14.0 Å². The van der Waals surface area contributed by atoms with Crippen molar-refractivity contribution in [3.05, 3.63) is 59.2 Å². The van der Waals surface area contributed by atoms with Gasteiger partial charge in [-0.2, -0.15) is 0 Å². The lowest BCUT2D eigenvalue weighted by atomic mass is 10.00. The fraction of sp³-hybridized carbons (Fsp3) is 0.464. The van der Waals surface area contributed by atoms with E-state index >= 15 is 0 Å². The Morgan fingerprint density at radius 2 is 1.97 bits per heavy atom. The number of rotatable bonds is 12. The first-order valence-electron chi connectivity index (χ1n) is 13.0. The molecular formula is C28H39BFN4O2S. The Balaban J connectivity index is 0.000000371. The number of nitrogens with zero attached hydrogens (tertiary/aromatic N) is 2. The number of hydrogen-bond donors (Lipinski definition) is 2. The van der Waals surface area contributed by atoms with Gasteiger partial charge in [0.25, 0.3) is 5.91 Å². The van der Waals surface area contributed by atoms with Crippen molar-refractivity contribution < 1.29 is 14.0 Å². The van der Waals surface area contributed by atoms with Crippen LogP contribution in [0.15, 0.2) is 48.1 Å². The number of carbonyl (C=O) groups is 2. The summed E-state index contributed by atoms with van der Waals surface area (Å²) in [6, 6.07) is 9.71. The molecule has 0 aliphatic carbocycles. The van der Waals surface area contributed by atoms with Gasteiger partial charge in [-0.3, -0.25) is 9.59 Å². The molecule has 2 aromatic heterocycles. The van der Waals surface area contributed by atoms with Crippen LogP contribution in [-0.2, 0) is 4.79 Å². The molecule has 2 N–H and O–H groups in total. The molecule has 0 aliphatic rings. The van der Waals surface area contributed by atoms with Crippen LogP contribution in [0, 0.1) is 12.8 Å². The minimum absolute atomic E-state index is 0.112. The maximum atomic E-state index is 12.7. The van der Waals surface area contributed by atoms with Crippen molar-refractivity contribution in [2.75, 3.05) is 11.9 Å². The predicted molar refractivity (Wildman–Crippen MR) is 153 cm³/mol. The number of benzene rings is 1. The van der Waals surface area contributed by atoms with Gasteiger partial charge in [0.1, 0.15) is 0 Å². The van der Waals surface area contributed by atoms with E-state index in [1.54, 1.807) is 22.9 Å². The van der Waals surface area contributed by atoms with Gasteiger partial charge in [0.15, 0.2) is 5.13 Å². The molecule has 2 atom stereocenters. The first-order chi connectivity index (χ1) is 17.7. The lowest BCUT2D eigenvalue weighted by molar-refractivity contribution is -0.115. The molecule has 0 bridgehead atoms. The highest BCUT2D eigenvalue weighted by molar-refractivity contribution is 7.14. The van der Waals surface area contributed by atoms with Crippen molar-refractivity contribution in [2.24, 2.45) is 5.92 Å². The van der Waals surface area contributed by atoms with Crippen LogP contribution in [0.25, 0.3) is 11.3 Å². The van der Waals surface area contributed by atoms with Crippen molar-refractivity contribution in [2.45, 2.75) is 72.8 Å². The highest BCUT2D eigenvalue weighted by Gasteiger charge is 2.12. The normalized spacial score (nSPS) is 12.2. The molecule has 3 aromatic rings. The highest BCUT2D eigenvalue weighted by atomic mass is 32.1. The molecule has 1 radical (unpaired) electrons. The SMILES string of the molecule is CCC(C)CCCC(F)CC.C[B]n1ccc(C(=O)NCC(=O)Nc2nc(-c3cccc(C)c3)cs2)c1. The molecule has 6 nitrogen and oxygen atoms in total. The number of carbonyl (C=O) groups excluding carboxylic acids is 2. The third kappa shape index (κ3) is 10.9. The second kappa shape index (κ2) is 16.0. The molecule has 2 heterocycles. The van der Waals surface area contributed by atoms with Crippen molar-refractivity contribution >= 4 is 35.7 Å². The molecule has 2 unspecified atom stereocenters. The average molecular weight is 526 g/mol. The predicted octanol–water partition coefficient (Wildman–Crippen LogP) is 6.75. The van der Waals surface area contributed by atoms with Crippen molar-refractivity contribution in [1.29, 1.82) is 0 Å². The van der Waals surface area contributed by atoms with Crippen LogP contribution in [0.1, 0.15) is 68.8 Å². The number of aryl methyl sites for hydroxylation is 1. The largest absolute Gasteiger partial charge is 0.402 e. The van der Waals surface area contributed by atoms with Crippen molar-refractivity contribution in [1.82, 2.24) is 14.8 Å². The maximum Gasteiger partial charge on any atom is 0.253 e. The van der Waals surface area contributed by atoms with Gasteiger partial charge in [-0.25, -0.2) is 9.37 Å². The Morgan fingerprint density at radius 3 is 2.62 bits per heavy atom. The number of amides is 2. The summed E-state index contributed by atoms with van der Waals surface area (Å²) in [4.78, 5) is 28.5. The maximum absolute atomic E-state index is 12.7. The average Bonchev–Trinajstić information content (AvgIpc) is 3.57. The van der Waals surface area contributed by atoms with Crippen LogP contribution < -0.4 is 10.6 Å². The Bertz CT molecular complexity index is 1110. The van der Waals surface area contributed by atoms with Crippen molar-refractivity contribution in [3.63, 3.8) is 0 Å². The van der Waals surface area contributed by atoms with Crippen LogP contribution in [0.4, 0.5) is 9.52 Å². The molecule has 0 aliphatic heterocycles. The Hall–Kier alpha value is -2.94. The first-order valence-corrected chi connectivity index (χ1v) is 13.8. The van der Waals surface area contributed by atoms with E-state index in [-0.39, 0.29) is 18.4 Å². The quantitative estimate of drug-likeness (QED) is 0.257. The van der Waals surface area contributed by atoms with E-state index in [1.165, 1.54) is 24.2 Å². The summed E-state index contributed by atoms with van der Waals surface area (Å²) in [6.07, 6.45) is 7.84. The van der Waals surface area contributed by atoms with Gasteiger partial charge >= 0.3 is 0 Å². The van der Waals surface area contributed by atoms with Gasteiger partial charge in [-0.05, 0) is 44.0 Å². The summed E-state index contributed by atoms with van der Waals surface area (Å²) in [7, 11) is 1.83. The zero-order chi connectivity index (χ0) is 27.2. The second-order valence-corrected chi connectivity index (χ2v) is 10.1. The van der Waals surface area contributed by atoms with E-state index in [2.05, 4.69) is 29.5 Å². The lowest BCUT2D eigenvalue weighted by Crippen LogP contribution is -2.32. The summed E-state index contributed by atoms with van der Waals surface area (Å²) in [5, 5.41) is 7.72. The first kappa shape index (κ1) is 30.3. The summed E-state index contributed by atoms with van der Waals surface area (Å²) in [5.74, 6) is 0.171. The number of anilines is 1. The van der Waals surface area contributed by atoms with E-state index in [4.69, 9.17) is 0 Å². The number of thiazole rings is 1. The molecule has 0 fully saturated rings. The fourth-order valence-corrected chi connectivity index (χ4v) is 4.23. The number of halogens is 1. The van der Waals surface area contributed by atoms with Crippen molar-refractivity contribution in [3.8, 4) is 11.3 Å². The number of aromatic nitrogens is 2. The molecule has 199 valence electrons. The lowest BCUT2D eigenvalue weighted by Gasteiger charge is -2.08. The fourth-order valence-electron chi connectivity index (χ4n) is 3.50. The van der Waals surface area contributed by atoms with Gasteiger partial charge in [0.05, 0.1) is 24.0 Å². The topological polar surface area (TPSA) is 76.0 Å². The van der Waals surface area contributed by atoms with Gasteiger partial charge in [-0.1, -0.05) is 70.6 Å². The minimum Gasteiger partial charge on any atom is -0.402 e. The molecule has 37 heavy (non-hydrogen) atoms. The molecule has 3 rings (SSSR count). The zero-order valence-corrected chi connectivity index (χ0v) is 23.4. The molecule has 1 aromatic carbocycles. The third-order valence-electron chi connectivity index (χ3n) is 6.10. The summed E-state index contributed by atoms with van der Waals surface area (Å²) in [5.41, 5.74) is 3.48. The van der Waals surface area contributed by atoms with Crippen LogP contribution in [-0.4, -0.2) is 41.4 Å². The Kier molecular flexibility index (Phi) is 13.1. The Morgan fingerprint density at radius 1 is 1.19 bits per heavy atom. The van der Waals surface area contributed by atoms with E-state index in [0.29, 0.717) is 17.1 Å². The molecule has 0 saturated carbocycles. The molecule has 2 amide bonds. The van der Waals surface area contributed by atoms with Crippen LogP contribution in [0.5, 0.6) is 0 Å². The van der Waals surface area contributed by atoms with E-state index < -0.39 is 6.17 Å². The third-order valence-corrected chi connectivity index (χ3v) is 6.86. The summed E-state index contributed by atoms with van der Waals surface area (Å²) in [6.45, 7) is 10.1. The smallest absolute Gasteiger partial charge is 0.253 e. The summed E-state index contributed by atoms with van der Waals surface area (Å²) < 4.78 is 14.5. The van der Waals surface area contributed by atoms with E-state index in [1.807, 2.05) is 57.7 Å².